The summed E-state index contributed by atoms with van der Waals surface area (Å²) in [5.74, 6) is 0.328. The molecule has 0 unspecified atom stereocenters. The number of hydrogen-bond acceptors (Lipinski definition) is 3. The van der Waals surface area contributed by atoms with Gasteiger partial charge in [-0.3, -0.25) is 0 Å². The molecule has 0 aliphatic heterocycles. The highest BCUT2D eigenvalue weighted by molar-refractivity contribution is 7.89. The van der Waals surface area contributed by atoms with E-state index in [-0.39, 0.29) is 11.4 Å². The van der Waals surface area contributed by atoms with Crippen molar-refractivity contribution in [1.82, 2.24) is 14.3 Å². The van der Waals surface area contributed by atoms with Crippen LogP contribution in [0.5, 0.6) is 0 Å². The normalized spacial score (nSPS) is 11.8. The lowest BCUT2D eigenvalue weighted by molar-refractivity contribution is 0.564. The second kappa shape index (κ2) is 6.36. The van der Waals surface area contributed by atoms with Crippen LogP contribution in [0.15, 0.2) is 35.5 Å². The maximum atomic E-state index is 13.2. The maximum absolute atomic E-state index is 13.2. The number of aromatic nitrogens is 2. The molecule has 0 aliphatic carbocycles. The average Bonchev–Trinajstić information content (AvgIpc) is 2.83. The highest BCUT2D eigenvalue weighted by Crippen LogP contribution is 2.16. The molecule has 0 fully saturated rings. The van der Waals surface area contributed by atoms with E-state index in [1.807, 2.05) is 17.7 Å². The standard InChI is InChI=1S/C14H18FN3O2S/c1-11-4-5-13(15)10-14(11)21(19,20)17-6-3-8-18-9-7-16-12(18)2/h4-5,7,9-10,17H,3,6,8H2,1-2H3. The number of halogens is 1. The molecule has 0 amide bonds. The van der Waals surface area contributed by atoms with E-state index in [1.165, 1.54) is 12.1 Å². The molecule has 7 heteroatoms. The Balaban J connectivity index is 1.95. The number of rotatable bonds is 6. The van der Waals surface area contributed by atoms with Gasteiger partial charge in [0.2, 0.25) is 10.0 Å². The predicted octanol–water partition coefficient (Wildman–Crippen LogP) is 2.01. The highest BCUT2D eigenvalue weighted by Gasteiger charge is 2.16. The van der Waals surface area contributed by atoms with Crippen molar-refractivity contribution >= 4 is 10.0 Å². The largest absolute Gasteiger partial charge is 0.335 e. The summed E-state index contributed by atoms with van der Waals surface area (Å²) < 4.78 is 41.9. The molecule has 0 radical (unpaired) electrons. The van der Waals surface area contributed by atoms with Crippen molar-refractivity contribution < 1.29 is 12.8 Å². The Kier molecular flexibility index (Phi) is 4.74. The van der Waals surface area contributed by atoms with Crippen LogP contribution in [0.2, 0.25) is 0 Å². The van der Waals surface area contributed by atoms with Crippen LogP contribution in [0.1, 0.15) is 17.8 Å². The quantitative estimate of drug-likeness (QED) is 0.830. The van der Waals surface area contributed by atoms with Gasteiger partial charge < -0.3 is 4.57 Å². The number of benzene rings is 1. The van der Waals surface area contributed by atoms with Crippen molar-refractivity contribution in [3.63, 3.8) is 0 Å². The van der Waals surface area contributed by atoms with E-state index in [2.05, 4.69) is 9.71 Å². The molecule has 1 aromatic heterocycles. The third-order valence-electron chi connectivity index (χ3n) is 3.23. The molecule has 1 aromatic carbocycles. The number of hydrogen-bond donors (Lipinski definition) is 1. The second-order valence-corrected chi connectivity index (χ2v) is 6.56. The molecule has 5 nitrogen and oxygen atoms in total. The van der Waals surface area contributed by atoms with E-state index in [9.17, 15) is 12.8 Å². The molecule has 21 heavy (non-hydrogen) atoms. The van der Waals surface area contributed by atoms with Crippen molar-refractivity contribution in [1.29, 1.82) is 0 Å². The van der Waals surface area contributed by atoms with Gasteiger partial charge in [0.05, 0.1) is 4.90 Å². The lowest BCUT2D eigenvalue weighted by atomic mass is 10.2. The number of imidazole rings is 1. The van der Waals surface area contributed by atoms with Crippen molar-refractivity contribution in [2.75, 3.05) is 6.54 Å². The molecule has 0 saturated heterocycles. The molecular weight excluding hydrogens is 293 g/mol. The summed E-state index contributed by atoms with van der Waals surface area (Å²) in [6.45, 7) is 4.50. The smallest absolute Gasteiger partial charge is 0.240 e. The first-order valence-corrected chi connectivity index (χ1v) is 8.12. The second-order valence-electron chi connectivity index (χ2n) is 4.83. The van der Waals surface area contributed by atoms with E-state index in [0.29, 0.717) is 18.5 Å². The number of sulfonamides is 1. The zero-order valence-corrected chi connectivity index (χ0v) is 12.8. The topological polar surface area (TPSA) is 64.0 Å². The Morgan fingerprint density at radius 3 is 2.76 bits per heavy atom. The zero-order valence-electron chi connectivity index (χ0n) is 12.0. The summed E-state index contributed by atoms with van der Waals surface area (Å²) in [5, 5.41) is 0. The first kappa shape index (κ1) is 15.7. The van der Waals surface area contributed by atoms with Gasteiger partial charge in [-0.1, -0.05) is 6.07 Å². The third-order valence-corrected chi connectivity index (χ3v) is 4.83. The molecule has 1 N–H and O–H groups in total. The van der Waals surface area contributed by atoms with Gasteiger partial charge in [-0.2, -0.15) is 0 Å². The monoisotopic (exact) mass is 311 g/mol. The summed E-state index contributed by atoms with van der Waals surface area (Å²) in [5.41, 5.74) is 0.523. The summed E-state index contributed by atoms with van der Waals surface area (Å²) in [6.07, 6.45) is 4.18. The average molecular weight is 311 g/mol. The van der Waals surface area contributed by atoms with Crippen molar-refractivity contribution in [2.45, 2.75) is 31.7 Å². The molecule has 2 rings (SSSR count). The lowest BCUT2D eigenvalue weighted by Gasteiger charge is -2.10. The fraction of sp³-hybridized carbons (Fsp3) is 0.357. The molecule has 1 heterocycles. The lowest BCUT2D eigenvalue weighted by Crippen LogP contribution is -2.26. The predicted molar refractivity (Wildman–Crippen MR) is 77.9 cm³/mol. The minimum Gasteiger partial charge on any atom is -0.335 e. The van der Waals surface area contributed by atoms with Crippen LogP contribution in [0.3, 0.4) is 0 Å². The van der Waals surface area contributed by atoms with Gasteiger partial charge in [-0.25, -0.2) is 22.5 Å². The van der Waals surface area contributed by atoms with Crippen LogP contribution in [-0.2, 0) is 16.6 Å². The molecule has 0 aliphatic rings. The Morgan fingerprint density at radius 2 is 2.10 bits per heavy atom. The Bertz CT molecular complexity index is 726. The van der Waals surface area contributed by atoms with Crippen LogP contribution < -0.4 is 4.72 Å². The van der Waals surface area contributed by atoms with Crippen molar-refractivity contribution in [3.8, 4) is 0 Å². The van der Waals surface area contributed by atoms with Crippen LogP contribution in [0.4, 0.5) is 4.39 Å². The molecule has 0 saturated carbocycles. The first-order chi connectivity index (χ1) is 9.90. The van der Waals surface area contributed by atoms with Gasteiger partial charge in [0, 0.05) is 25.5 Å². The Labute approximate surface area is 123 Å². The summed E-state index contributed by atoms with van der Waals surface area (Å²) >= 11 is 0. The van der Waals surface area contributed by atoms with Crippen LogP contribution in [0.25, 0.3) is 0 Å². The van der Waals surface area contributed by atoms with Gasteiger partial charge in [0.25, 0.3) is 0 Å². The first-order valence-electron chi connectivity index (χ1n) is 6.64. The molecular formula is C14H18FN3O2S. The molecule has 0 bridgehead atoms. The Morgan fingerprint density at radius 1 is 1.33 bits per heavy atom. The molecule has 114 valence electrons. The summed E-state index contributed by atoms with van der Waals surface area (Å²) in [4.78, 5) is 4.08. The van der Waals surface area contributed by atoms with E-state index in [4.69, 9.17) is 0 Å². The minimum atomic E-state index is -3.68. The third kappa shape index (κ3) is 3.89. The van der Waals surface area contributed by atoms with Crippen molar-refractivity contribution in [3.05, 3.63) is 47.8 Å². The van der Waals surface area contributed by atoms with Gasteiger partial charge in [0.1, 0.15) is 11.6 Å². The molecule has 0 spiro atoms. The van der Waals surface area contributed by atoms with Crippen LogP contribution in [-0.4, -0.2) is 24.5 Å². The number of aryl methyl sites for hydroxylation is 3. The summed E-state index contributed by atoms with van der Waals surface area (Å²) in [7, 11) is -3.68. The SMILES string of the molecule is Cc1ccc(F)cc1S(=O)(=O)NCCCn1ccnc1C. The van der Waals surface area contributed by atoms with E-state index >= 15 is 0 Å². The van der Waals surface area contributed by atoms with Crippen molar-refractivity contribution in [2.24, 2.45) is 0 Å². The number of nitrogens with zero attached hydrogens (tertiary/aromatic N) is 2. The minimum absolute atomic E-state index is 0.0127. The van der Waals surface area contributed by atoms with Crippen LogP contribution in [0, 0.1) is 19.7 Å². The van der Waals surface area contributed by atoms with Gasteiger partial charge in [0.15, 0.2) is 0 Å². The molecule has 2 aromatic rings. The zero-order chi connectivity index (χ0) is 15.5. The highest BCUT2D eigenvalue weighted by atomic mass is 32.2. The fourth-order valence-electron chi connectivity index (χ4n) is 2.04. The maximum Gasteiger partial charge on any atom is 0.240 e. The van der Waals surface area contributed by atoms with Crippen LogP contribution >= 0.6 is 0 Å². The van der Waals surface area contributed by atoms with Gasteiger partial charge >= 0.3 is 0 Å². The fourth-order valence-corrected chi connectivity index (χ4v) is 3.37. The molecule has 0 atom stereocenters. The van der Waals surface area contributed by atoms with E-state index in [0.717, 1.165) is 11.9 Å². The Hall–Kier alpha value is -1.73. The van der Waals surface area contributed by atoms with E-state index < -0.39 is 15.8 Å². The number of nitrogens with one attached hydrogen (secondary N) is 1. The summed E-state index contributed by atoms with van der Waals surface area (Å²) in [6, 6.07) is 3.74. The van der Waals surface area contributed by atoms with E-state index in [1.54, 1.807) is 13.1 Å². The van der Waals surface area contributed by atoms with Gasteiger partial charge in [-0.15, -0.1) is 0 Å². The van der Waals surface area contributed by atoms with Gasteiger partial charge in [-0.05, 0) is 38.0 Å².